The molecule has 1 amide bonds. The number of anilines is 1. The lowest BCUT2D eigenvalue weighted by Gasteiger charge is -2.36. The summed E-state index contributed by atoms with van der Waals surface area (Å²) in [6, 6.07) is 6.76. The molecule has 4 heteroatoms. The smallest absolute Gasteiger partial charge is 0.414 e. The van der Waals surface area contributed by atoms with Gasteiger partial charge in [-0.3, -0.25) is 4.90 Å². The molecule has 0 radical (unpaired) electrons. The normalized spacial score (nSPS) is 19.4. The number of amides is 1. The molecular weight excluding hydrogens is 206 g/mol. The van der Waals surface area contributed by atoms with Crippen molar-refractivity contribution in [2.45, 2.75) is 25.9 Å². The molecule has 1 N–H and O–H groups in total. The Morgan fingerprint density at radius 3 is 2.69 bits per heavy atom. The average Bonchev–Trinajstić information content (AvgIpc) is 2.18. The van der Waals surface area contributed by atoms with Gasteiger partial charge in [-0.25, -0.2) is 4.79 Å². The topological polar surface area (TPSA) is 49.8 Å². The molecule has 86 valence electrons. The third kappa shape index (κ3) is 1.96. The number of carbonyl (C=O) groups excluding carboxylic acids is 1. The highest BCUT2D eigenvalue weighted by atomic mass is 16.6. The lowest BCUT2D eigenvalue weighted by Crippen LogP contribution is -2.46. The standard InChI is InChI=1S/C12H15NO3/c1-12(2)7-8-13(11(15)16-12)9-5-3-4-6-10(9)14/h3-6,14H,7-8H2,1-2H3. The molecule has 0 saturated carbocycles. The fourth-order valence-corrected chi connectivity index (χ4v) is 1.73. The van der Waals surface area contributed by atoms with Crippen LogP contribution in [-0.4, -0.2) is 23.3 Å². The fourth-order valence-electron chi connectivity index (χ4n) is 1.73. The zero-order chi connectivity index (χ0) is 11.8. The molecule has 0 atom stereocenters. The van der Waals surface area contributed by atoms with E-state index in [1.165, 1.54) is 4.90 Å². The maximum Gasteiger partial charge on any atom is 0.414 e. The van der Waals surface area contributed by atoms with Gasteiger partial charge in [-0.15, -0.1) is 0 Å². The molecule has 1 fully saturated rings. The maximum absolute atomic E-state index is 11.8. The molecule has 0 spiro atoms. The Morgan fingerprint density at radius 2 is 2.06 bits per heavy atom. The number of para-hydroxylation sites is 2. The summed E-state index contributed by atoms with van der Waals surface area (Å²) in [4.78, 5) is 13.2. The van der Waals surface area contributed by atoms with Crippen LogP contribution in [0.1, 0.15) is 20.3 Å². The summed E-state index contributed by atoms with van der Waals surface area (Å²) < 4.78 is 5.27. The molecule has 4 nitrogen and oxygen atoms in total. The summed E-state index contributed by atoms with van der Waals surface area (Å²) >= 11 is 0. The van der Waals surface area contributed by atoms with Gasteiger partial charge in [0.2, 0.25) is 0 Å². The summed E-state index contributed by atoms with van der Waals surface area (Å²) in [6.07, 6.45) is 0.338. The molecule has 16 heavy (non-hydrogen) atoms. The number of ether oxygens (including phenoxy) is 1. The van der Waals surface area contributed by atoms with E-state index in [0.717, 1.165) is 6.42 Å². The number of nitrogens with zero attached hydrogens (tertiary/aromatic N) is 1. The van der Waals surface area contributed by atoms with Crippen molar-refractivity contribution in [1.82, 2.24) is 0 Å². The van der Waals surface area contributed by atoms with Crippen LogP contribution in [0.25, 0.3) is 0 Å². The van der Waals surface area contributed by atoms with Crippen LogP contribution in [-0.2, 0) is 4.74 Å². The molecule has 0 bridgehead atoms. The van der Waals surface area contributed by atoms with Crippen LogP contribution < -0.4 is 4.90 Å². The zero-order valence-electron chi connectivity index (χ0n) is 9.43. The predicted octanol–water partition coefficient (Wildman–Crippen LogP) is 2.52. The molecule has 1 aromatic rings. The van der Waals surface area contributed by atoms with Crippen molar-refractivity contribution in [2.75, 3.05) is 11.4 Å². The van der Waals surface area contributed by atoms with Gasteiger partial charge in [-0.05, 0) is 26.0 Å². The number of aromatic hydroxyl groups is 1. The summed E-state index contributed by atoms with van der Waals surface area (Å²) in [5.74, 6) is 0.0964. The van der Waals surface area contributed by atoms with Crippen LogP contribution in [0, 0.1) is 0 Å². The minimum Gasteiger partial charge on any atom is -0.506 e. The largest absolute Gasteiger partial charge is 0.506 e. The second kappa shape index (κ2) is 3.70. The Bertz CT molecular complexity index is 414. The van der Waals surface area contributed by atoms with Crippen molar-refractivity contribution in [3.63, 3.8) is 0 Å². The van der Waals surface area contributed by atoms with Gasteiger partial charge in [0.15, 0.2) is 0 Å². The first-order chi connectivity index (χ1) is 7.49. The van der Waals surface area contributed by atoms with E-state index >= 15 is 0 Å². The van der Waals surface area contributed by atoms with E-state index in [4.69, 9.17) is 4.74 Å². The molecular formula is C12H15NO3. The number of cyclic esters (lactones) is 1. The highest BCUT2D eigenvalue weighted by Crippen LogP contribution is 2.32. The van der Waals surface area contributed by atoms with Gasteiger partial charge < -0.3 is 9.84 Å². The first-order valence-corrected chi connectivity index (χ1v) is 5.28. The van der Waals surface area contributed by atoms with Crippen LogP contribution in [0.2, 0.25) is 0 Å². The molecule has 1 aliphatic heterocycles. The molecule has 0 unspecified atom stereocenters. The van der Waals surface area contributed by atoms with E-state index in [-0.39, 0.29) is 5.75 Å². The summed E-state index contributed by atoms with van der Waals surface area (Å²) in [5, 5.41) is 9.66. The number of benzene rings is 1. The highest BCUT2D eigenvalue weighted by molar-refractivity contribution is 5.90. The van der Waals surface area contributed by atoms with Gasteiger partial charge >= 0.3 is 6.09 Å². The summed E-state index contributed by atoms with van der Waals surface area (Å²) in [7, 11) is 0. The Hall–Kier alpha value is -1.71. The number of carbonyl (C=O) groups is 1. The van der Waals surface area contributed by atoms with Crippen LogP contribution in [0.15, 0.2) is 24.3 Å². The van der Waals surface area contributed by atoms with E-state index in [1.807, 2.05) is 13.8 Å². The summed E-state index contributed by atoms with van der Waals surface area (Å²) in [6.45, 7) is 4.32. The number of hydrogen-bond acceptors (Lipinski definition) is 3. The van der Waals surface area contributed by atoms with Crippen LogP contribution >= 0.6 is 0 Å². The van der Waals surface area contributed by atoms with Crippen LogP contribution in [0.3, 0.4) is 0 Å². The monoisotopic (exact) mass is 221 g/mol. The lowest BCUT2D eigenvalue weighted by molar-refractivity contribution is 0.0235. The molecule has 0 aliphatic carbocycles. The number of hydrogen-bond donors (Lipinski definition) is 1. The number of phenolic OH excluding ortho intramolecular Hbond substituents is 1. The minimum absolute atomic E-state index is 0.0964. The van der Waals surface area contributed by atoms with Gasteiger partial charge in [-0.1, -0.05) is 12.1 Å². The van der Waals surface area contributed by atoms with E-state index in [2.05, 4.69) is 0 Å². The van der Waals surface area contributed by atoms with Gasteiger partial charge in [-0.2, -0.15) is 0 Å². The van der Waals surface area contributed by atoms with Crippen LogP contribution in [0.4, 0.5) is 10.5 Å². The predicted molar refractivity (Wildman–Crippen MR) is 60.6 cm³/mol. The van der Waals surface area contributed by atoms with E-state index in [1.54, 1.807) is 24.3 Å². The summed E-state index contributed by atoms with van der Waals surface area (Å²) in [5.41, 5.74) is 0.0841. The molecule has 0 aromatic heterocycles. The quantitative estimate of drug-likeness (QED) is 0.792. The Labute approximate surface area is 94.4 Å². The van der Waals surface area contributed by atoms with Crippen LogP contribution in [0.5, 0.6) is 5.75 Å². The fraction of sp³-hybridized carbons (Fsp3) is 0.417. The Kier molecular flexibility index (Phi) is 2.50. The van der Waals surface area contributed by atoms with Crippen molar-refractivity contribution >= 4 is 11.8 Å². The SMILES string of the molecule is CC1(C)CCN(c2ccccc2O)C(=O)O1. The van der Waals surface area contributed by atoms with Crippen molar-refractivity contribution in [2.24, 2.45) is 0 Å². The third-order valence-electron chi connectivity index (χ3n) is 2.69. The van der Waals surface area contributed by atoms with Gasteiger partial charge in [0.1, 0.15) is 11.4 Å². The highest BCUT2D eigenvalue weighted by Gasteiger charge is 2.34. The van der Waals surface area contributed by atoms with Gasteiger partial charge in [0.25, 0.3) is 0 Å². The average molecular weight is 221 g/mol. The van der Waals surface area contributed by atoms with Crippen molar-refractivity contribution in [3.05, 3.63) is 24.3 Å². The molecule has 1 saturated heterocycles. The van der Waals surface area contributed by atoms with E-state index in [0.29, 0.717) is 12.2 Å². The van der Waals surface area contributed by atoms with Crippen molar-refractivity contribution in [1.29, 1.82) is 0 Å². The van der Waals surface area contributed by atoms with Gasteiger partial charge in [0, 0.05) is 13.0 Å². The van der Waals surface area contributed by atoms with E-state index < -0.39 is 11.7 Å². The second-order valence-corrected chi connectivity index (χ2v) is 4.52. The maximum atomic E-state index is 11.8. The first-order valence-electron chi connectivity index (χ1n) is 5.28. The molecule has 2 rings (SSSR count). The second-order valence-electron chi connectivity index (χ2n) is 4.52. The molecule has 1 aromatic carbocycles. The van der Waals surface area contributed by atoms with E-state index in [9.17, 15) is 9.90 Å². The third-order valence-corrected chi connectivity index (χ3v) is 2.69. The Balaban J connectivity index is 2.24. The Morgan fingerprint density at radius 1 is 1.38 bits per heavy atom. The zero-order valence-corrected chi connectivity index (χ0v) is 9.43. The number of rotatable bonds is 1. The van der Waals surface area contributed by atoms with Gasteiger partial charge in [0.05, 0.1) is 5.69 Å². The minimum atomic E-state index is -0.419. The van der Waals surface area contributed by atoms with Crippen molar-refractivity contribution < 1.29 is 14.6 Å². The number of phenols is 1. The molecule has 1 heterocycles. The lowest BCUT2D eigenvalue weighted by atomic mass is 10.0. The first kappa shape index (κ1) is 10.8. The molecule has 1 aliphatic rings. The van der Waals surface area contributed by atoms with Crippen molar-refractivity contribution in [3.8, 4) is 5.75 Å².